The molecule has 2 aromatic rings. The molecule has 0 bridgehead atoms. The number of rotatable bonds is 2. The molecule has 3 heterocycles. The molecule has 23 heavy (non-hydrogen) atoms. The third-order valence-corrected chi connectivity index (χ3v) is 3.67. The van der Waals surface area contributed by atoms with E-state index in [9.17, 15) is 0 Å². The molecule has 1 fully saturated rings. The van der Waals surface area contributed by atoms with Crippen molar-refractivity contribution >= 4 is 11.6 Å². The highest BCUT2D eigenvalue weighted by Gasteiger charge is 2.17. The number of morpholine rings is 1. The molecule has 118 valence electrons. The molecule has 0 saturated carbocycles. The Morgan fingerprint density at radius 2 is 2.00 bits per heavy atom. The van der Waals surface area contributed by atoms with Crippen molar-refractivity contribution in [2.75, 3.05) is 36.9 Å². The number of pyridine rings is 1. The smallest absolute Gasteiger partial charge is 0.148 e. The van der Waals surface area contributed by atoms with E-state index >= 15 is 0 Å². The van der Waals surface area contributed by atoms with Crippen LogP contribution in [0.2, 0.25) is 0 Å². The largest absolute Gasteiger partial charge is 0.384 e. The number of anilines is 2. The lowest BCUT2D eigenvalue weighted by atomic mass is 10.1. The maximum Gasteiger partial charge on any atom is 0.148 e. The van der Waals surface area contributed by atoms with Gasteiger partial charge in [0.05, 0.1) is 24.5 Å². The van der Waals surface area contributed by atoms with Gasteiger partial charge in [0.25, 0.3) is 0 Å². The predicted octanol–water partition coefficient (Wildman–Crippen LogP) is 1.25. The lowest BCUT2D eigenvalue weighted by Gasteiger charge is -2.28. The zero-order valence-corrected chi connectivity index (χ0v) is 13.1. The highest BCUT2D eigenvalue weighted by Crippen LogP contribution is 2.20. The van der Waals surface area contributed by atoms with E-state index in [1.807, 2.05) is 6.07 Å². The maximum atomic E-state index is 5.60. The Balaban J connectivity index is 1.98. The Kier molecular flexibility index (Phi) is 4.69. The summed E-state index contributed by atoms with van der Waals surface area (Å²) in [4.78, 5) is 15.1. The van der Waals surface area contributed by atoms with Gasteiger partial charge in [0.2, 0.25) is 0 Å². The molecule has 1 aliphatic heterocycles. The van der Waals surface area contributed by atoms with Gasteiger partial charge in [-0.15, -0.1) is 0 Å². The average Bonchev–Trinajstić information content (AvgIpc) is 2.61. The number of nitrogen functional groups attached to an aromatic ring is 1. The van der Waals surface area contributed by atoms with Crippen molar-refractivity contribution < 1.29 is 4.74 Å². The molecule has 0 unspecified atom stereocenters. The van der Waals surface area contributed by atoms with Crippen molar-refractivity contribution in [2.45, 2.75) is 13.3 Å². The van der Waals surface area contributed by atoms with E-state index in [4.69, 9.17) is 10.5 Å². The first-order valence-corrected chi connectivity index (χ1v) is 7.68. The molecule has 6 nitrogen and oxygen atoms in total. The fourth-order valence-corrected chi connectivity index (χ4v) is 2.44. The van der Waals surface area contributed by atoms with Crippen LogP contribution in [0.15, 0.2) is 24.7 Å². The monoisotopic (exact) mass is 309 g/mol. The second-order valence-electron chi connectivity index (χ2n) is 5.19. The van der Waals surface area contributed by atoms with Gasteiger partial charge in [-0.1, -0.05) is 18.8 Å². The topological polar surface area (TPSA) is 77.2 Å². The van der Waals surface area contributed by atoms with Crippen molar-refractivity contribution in [3.05, 3.63) is 41.5 Å². The van der Waals surface area contributed by atoms with E-state index in [2.05, 4.69) is 38.6 Å². The predicted molar refractivity (Wildman–Crippen MR) is 89.1 cm³/mol. The Morgan fingerprint density at radius 1 is 1.17 bits per heavy atom. The summed E-state index contributed by atoms with van der Waals surface area (Å²) in [6, 6.07) is 3.61. The van der Waals surface area contributed by atoms with Gasteiger partial charge < -0.3 is 15.4 Å². The molecule has 3 rings (SSSR count). The van der Waals surface area contributed by atoms with Gasteiger partial charge in [-0.3, -0.25) is 0 Å². The Bertz CT molecular complexity index is 727. The molecule has 2 N–H and O–H groups in total. The second-order valence-corrected chi connectivity index (χ2v) is 5.19. The minimum Gasteiger partial charge on any atom is -0.384 e. The van der Waals surface area contributed by atoms with Crippen molar-refractivity contribution in [3.8, 4) is 11.8 Å². The second kappa shape index (κ2) is 7.07. The summed E-state index contributed by atoms with van der Waals surface area (Å²) >= 11 is 0. The Labute approximate surface area is 135 Å². The SMILES string of the molecule is CCc1ncnc(N2CCOCC2)c1C#Cc1ccc(N)nc1. The standard InChI is InChI=1S/C17H19N5O/c1-2-15-14(5-3-13-4-6-16(18)19-11-13)17(21-12-20-15)22-7-9-23-10-8-22/h4,6,11-12H,2,7-10H2,1H3,(H2,18,19). The van der Waals surface area contributed by atoms with E-state index in [1.54, 1.807) is 18.6 Å². The quantitative estimate of drug-likeness (QED) is 0.841. The summed E-state index contributed by atoms with van der Waals surface area (Å²) < 4.78 is 5.42. The van der Waals surface area contributed by atoms with E-state index in [0.29, 0.717) is 19.0 Å². The summed E-state index contributed by atoms with van der Waals surface area (Å²) in [5.41, 5.74) is 8.26. The van der Waals surface area contributed by atoms with Crippen molar-refractivity contribution in [1.82, 2.24) is 15.0 Å². The van der Waals surface area contributed by atoms with E-state index in [1.165, 1.54) is 0 Å². The van der Waals surface area contributed by atoms with Gasteiger partial charge in [-0.2, -0.15) is 0 Å². The fourth-order valence-electron chi connectivity index (χ4n) is 2.44. The van der Waals surface area contributed by atoms with Crippen molar-refractivity contribution in [3.63, 3.8) is 0 Å². The van der Waals surface area contributed by atoms with Crippen LogP contribution in [-0.2, 0) is 11.2 Å². The number of ether oxygens (including phenoxy) is 1. The van der Waals surface area contributed by atoms with Gasteiger partial charge in [0, 0.05) is 24.8 Å². The van der Waals surface area contributed by atoms with Crippen LogP contribution in [0.3, 0.4) is 0 Å². The molecule has 1 aliphatic rings. The molecule has 0 spiro atoms. The zero-order valence-electron chi connectivity index (χ0n) is 13.1. The van der Waals surface area contributed by atoms with Crippen LogP contribution < -0.4 is 10.6 Å². The third kappa shape index (κ3) is 3.58. The summed E-state index contributed by atoms with van der Waals surface area (Å²) in [5.74, 6) is 7.74. The highest BCUT2D eigenvalue weighted by atomic mass is 16.5. The van der Waals surface area contributed by atoms with Gasteiger partial charge in [-0.05, 0) is 18.6 Å². The third-order valence-electron chi connectivity index (χ3n) is 3.67. The normalized spacial score (nSPS) is 14.2. The van der Waals surface area contributed by atoms with Crippen LogP contribution in [-0.4, -0.2) is 41.3 Å². The molecule has 6 heteroatoms. The molecule has 2 aromatic heterocycles. The van der Waals surface area contributed by atoms with Crippen LogP contribution in [0.4, 0.5) is 11.6 Å². The fraction of sp³-hybridized carbons (Fsp3) is 0.353. The summed E-state index contributed by atoms with van der Waals surface area (Å²) in [6.45, 7) is 5.12. The zero-order chi connectivity index (χ0) is 16.1. The molecule has 1 saturated heterocycles. The van der Waals surface area contributed by atoms with E-state index in [-0.39, 0.29) is 0 Å². The first-order valence-electron chi connectivity index (χ1n) is 7.68. The van der Waals surface area contributed by atoms with Gasteiger partial charge in [0.15, 0.2) is 0 Å². The van der Waals surface area contributed by atoms with Gasteiger partial charge >= 0.3 is 0 Å². The maximum absolute atomic E-state index is 5.60. The summed E-state index contributed by atoms with van der Waals surface area (Å²) in [5, 5.41) is 0. The average molecular weight is 309 g/mol. The minimum atomic E-state index is 0.488. The lowest BCUT2D eigenvalue weighted by molar-refractivity contribution is 0.122. The number of hydrogen-bond donors (Lipinski definition) is 1. The number of nitrogens with two attached hydrogens (primary N) is 1. The number of hydrogen-bond acceptors (Lipinski definition) is 6. The minimum absolute atomic E-state index is 0.488. The molecule has 0 atom stereocenters. The number of nitrogens with zero attached hydrogens (tertiary/aromatic N) is 4. The van der Waals surface area contributed by atoms with Gasteiger partial charge in [0.1, 0.15) is 18.0 Å². The molecule has 0 aromatic carbocycles. The first-order chi connectivity index (χ1) is 11.3. The highest BCUT2D eigenvalue weighted by molar-refractivity contribution is 5.59. The van der Waals surface area contributed by atoms with Crippen LogP contribution in [0.1, 0.15) is 23.7 Å². The summed E-state index contributed by atoms with van der Waals surface area (Å²) in [7, 11) is 0. The Hall–Kier alpha value is -2.65. The molecular weight excluding hydrogens is 290 g/mol. The number of aryl methyl sites for hydroxylation is 1. The number of aromatic nitrogens is 3. The first kappa shape index (κ1) is 15.3. The van der Waals surface area contributed by atoms with Crippen molar-refractivity contribution in [1.29, 1.82) is 0 Å². The molecule has 0 amide bonds. The van der Waals surface area contributed by atoms with Gasteiger partial charge in [-0.25, -0.2) is 15.0 Å². The van der Waals surface area contributed by atoms with Crippen LogP contribution in [0.5, 0.6) is 0 Å². The van der Waals surface area contributed by atoms with Crippen LogP contribution in [0.25, 0.3) is 0 Å². The lowest BCUT2D eigenvalue weighted by Crippen LogP contribution is -2.37. The van der Waals surface area contributed by atoms with E-state index < -0.39 is 0 Å². The van der Waals surface area contributed by atoms with E-state index in [0.717, 1.165) is 42.1 Å². The summed E-state index contributed by atoms with van der Waals surface area (Å²) in [6.07, 6.45) is 4.09. The van der Waals surface area contributed by atoms with Crippen molar-refractivity contribution in [2.24, 2.45) is 0 Å². The van der Waals surface area contributed by atoms with Crippen LogP contribution in [0, 0.1) is 11.8 Å². The molecule has 0 aliphatic carbocycles. The molecule has 0 radical (unpaired) electrons. The van der Waals surface area contributed by atoms with Crippen LogP contribution >= 0.6 is 0 Å². The Morgan fingerprint density at radius 3 is 2.70 bits per heavy atom. The molecular formula is C17H19N5O.